The molecule has 0 radical (unpaired) electrons. The minimum atomic E-state index is -0.374. The molecule has 3 heteroatoms. The molecule has 1 aliphatic heterocycles. The van der Waals surface area contributed by atoms with Crippen molar-refractivity contribution in [2.45, 2.75) is 96.8 Å². The summed E-state index contributed by atoms with van der Waals surface area (Å²) in [5.41, 5.74) is 0. The van der Waals surface area contributed by atoms with Crippen molar-refractivity contribution >= 4 is 11.9 Å². The molecular formula is C20H34O3. The van der Waals surface area contributed by atoms with E-state index >= 15 is 0 Å². The predicted molar refractivity (Wildman–Crippen MR) is 94.0 cm³/mol. The normalized spacial score (nSPS) is 19.1. The fourth-order valence-electron chi connectivity index (χ4n) is 3.01. The van der Waals surface area contributed by atoms with Crippen molar-refractivity contribution in [3.8, 4) is 0 Å². The van der Waals surface area contributed by atoms with E-state index in [1.165, 1.54) is 64.2 Å². The lowest BCUT2D eigenvalue weighted by atomic mass is 10.0. The number of hydrogen-bond acceptors (Lipinski definition) is 3. The highest BCUT2D eigenvalue weighted by Crippen LogP contribution is 2.18. The van der Waals surface area contributed by atoms with Gasteiger partial charge in [-0.15, -0.1) is 0 Å². The van der Waals surface area contributed by atoms with Crippen LogP contribution in [0.4, 0.5) is 0 Å². The average molecular weight is 322 g/mol. The summed E-state index contributed by atoms with van der Waals surface area (Å²) in [7, 11) is 0. The number of carbonyl (C=O) groups is 2. The zero-order valence-electron chi connectivity index (χ0n) is 14.9. The smallest absolute Gasteiger partial charge is 0.320 e. The summed E-state index contributed by atoms with van der Waals surface area (Å²) < 4.78 is 4.75. The Morgan fingerprint density at radius 1 is 0.957 bits per heavy atom. The molecule has 1 atom stereocenters. The Morgan fingerprint density at radius 3 is 2.22 bits per heavy atom. The highest BCUT2D eigenvalue weighted by Gasteiger charge is 2.23. The van der Waals surface area contributed by atoms with Gasteiger partial charge in [0.05, 0.1) is 5.92 Å². The van der Waals surface area contributed by atoms with Gasteiger partial charge in [-0.05, 0) is 25.7 Å². The summed E-state index contributed by atoms with van der Waals surface area (Å²) in [6.45, 7) is 2.26. The number of esters is 2. The van der Waals surface area contributed by atoms with E-state index in [-0.39, 0.29) is 17.9 Å². The first kappa shape index (κ1) is 19.9. The van der Waals surface area contributed by atoms with E-state index in [1.807, 2.05) is 6.08 Å². The van der Waals surface area contributed by atoms with E-state index in [4.69, 9.17) is 4.74 Å². The van der Waals surface area contributed by atoms with E-state index < -0.39 is 0 Å². The number of allylic oxidation sites excluding steroid dienone is 1. The van der Waals surface area contributed by atoms with Crippen LogP contribution in [0.25, 0.3) is 0 Å². The second-order valence-corrected chi connectivity index (χ2v) is 6.69. The Balaban J connectivity index is 1.96. The molecule has 0 aromatic heterocycles. The quantitative estimate of drug-likeness (QED) is 0.200. The lowest BCUT2D eigenvalue weighted by Gasteiger charge is -2.05. The molecule has 0 amide bonds. The van der Waals surface area contributed by atoms with E-state index in [1.54, 1.807) is 0 Å². The average Bonchev–Trinajstić information content (AvgIpc) is 2.69. The van der Waals surface area contributed by atoms with Crippen LogP contribution in [0.2, 0.25) is 0 Å². The van der Waals surface area contributed by atoms with Gasteiger partial charge in [0.1, 0.15) is 0 Å². The van der Waals surface area contributed by atoms with Crippen LogP contribution in [0.5, 0.6) is 0 Å². The molecule has 132 valence electrons. The lowest BCUT2D eigenvalue weighted by Crippen LogP contribution is -2.15. The number of rotatable bonds is 12. The second kappa shape index (κ2) is 13.3. The van der Waals surface area contributed by atoms with Gasteiger partial charge >= 0.3 is 11.9 Å². The fraction of sp³-hybridized carbons (Fsp3) is 0.800. The Labute approximate surface area is 141 Å². The molecule has 3 nitrogen and oxygen atoms in total. The third-order valence-corrected chi connectivity index (χ3v) is 4.51. The number of unbranched alkanes of at least 4 members (excludes halogenated alkanes) is 10. The number of ether oxygens (including phenoxy) is 1. The van der Waals surface area contributed by atoms with Crippen molar-refractivity contribution < 1.29 is 14.3 Å². The first-order chi connectivity index (χ1) is 11.2. The first-order valence-corrected chi connectivity index (χ1v) is 9.65. The zero-order valence-corrected chi connectivity index (χ0v) is 14.9. The summed E-state index contributed by atoms with van der Waals surface area (Å²) >= 11 is 0. The molecule has 0 aromatic rings. The molecule has 0 saturated carbocycles. The number of cyclic esters (lactones) is 2. The Morgan fingerprint density at radius 2 is 1.57 bits per heavy atom. The minimum absolute atomic E-state index is 0.218. The number of carbonyl (C=O) groups excluding carboxylic acids is 2. The molecule has 1 rings (SSSR count). The standard InChI is InChI=1S/C20H34O3/c1-2-3-4-5-6-7-8-9-10-11-12-13-15-18-16-14-17-19(21)23-20(18)22/h13,15,18H,2-12,14,16-17H2,1H3/b15-13-. The lowest BCUT2D eigenvalue weighted by molar-refractivity contribution is -0.160. The van der Waals surface area contributed by atoms with Crippen LogP contribution in [0.1, 0.15) is 96.8 Å². The molecule has 23 heavy (non-hydrogen) atoms. The minimum Gasteiger partial charge on any atom is -0.393 e. The zero-order chi connectivity index (χ0) is 16.8. The summed E-state index contributed by atoms with van der Waals surface area (Å²) in [6, 6.07) is 0. The SMILES string of the molecule is CCCCCCCCCCCC/C=C\C1CCCC(=O)OC1=O. The molecule has 1 saturated heterocycles. The molecule has 1 unspecified atom stereocenters. The van der Waals surface area contributed by atoms with Crippen LogP contribution in [-0.4, -0.2) is 11.9 Å². The van der Waals surface area contributed by atoms with Gasteiger partial charge in [-0.25, -0.2) is 0 Å². The molecule has 1 heterocycles. The van der Waals surface area contributed by atoms with Gasteiger partial charge < -0.3 is 4.74 Å². The van der Waals surface area contributed by atoms with Crippen molar-refractivity contribution in [2.24, 2.45) is 5.92 Å². The van der Waals surface area contributed by atoms with Crippen LogP contribution < -0.4 is 0 Å². The third kappa shape index (κ3) is 10.3. The molecule has 1 fully saturated rings. The van der Waals surface area contributed by atoms with Gasteiger partial charge in [-0.1, -0.05) is 76.9 Å². The van der Waals surface area contributed by atoms with Crippen LogP contribution in [-0.2, 0) is 14.3 Å². The van der Waals surface area contributed by atoms with Crippen molar-refractivity contribution in [3.05, 3.63) is 12.2 Å². The number of hydrogen-bond donors (Lipinski definition) is 0. The van der Waals surface area contributed by atoms with Gasteiger partial charge in [-0.3, -0.25) is 9.59 Å². The summed E-state index contributed by atoms with van der Waals surface area (Å²) in [5, 5.41) is 0. The van der Waals surface area contributed by atoms with Crippen LogP contribution in [0, 0.1) is 5.92 Å². The van der Waals surface area contributed by atoms with E-state index in [9.17, 15) is 9.59 Å². The highest BCUT2D eigenvalue weighted by atomic mass is 16.6. The van der Waals surface area contributed by atoms with Crippen molar-refractivity contribution in [3.63, 3.8) is 0 Å². The van der Waals surface area contributed by atoms with Gasteiger partial charge in [0.2, 0.25) is 0 Å². The van der Waals surface area contributed by atoms with Crippen LogP contribution >= 0.6 is 0 Å². The molecule has 0 aliphatic carbocycles. The topological polar surface area (TPSA) is 43.4 Å². The summed E-state index contributed by atoms with van der Waals surface area (Å²) in [6.07, 6.45) is 20.3. The van der Waals surface area contributed by atoms with Crippen molar-refractivity contribution in [1.82, 2.24) is 0 Å². The van der Waals surface area contributed by atoms with Gasteiger partial charge in [0, 0.05) is 6.42 Å². The second-order valence-electron chi connectivity index (χ2n) is 6.69. The predicted octanol–water partition coefficient (Wildman–Crippen LogP) is 5.72. The molecule has 0 N–H and O–H groups in total. The van der Waals surface area contributed by atoms with Gasteiger partial charge in [-0.2, -0.15) is 0 Å². The monoisotopic (exact) mass is 322 g/mol. The van der Waals surface area contributed by atoms with E-state index in [2.05, 4.69) is 13.0 Å². The fourth-order valence-corrected chi connectivity index (χ4v) is 3.01. The highest BCUT2D eigenvalue weighted by molar-refractivity contribution is 5.88. The van der Waals surface area contributed by atoms with Crippen LogP contribution in [0.15, 0.2) is 12.2 Å². The van der Waals surface area contributed by atoms with Crippen molar-refractivity contribution in [2.75, 3.05) is 0 Å². The van der Waals surface area contributed by atoms with Gasteiger partial charge in [0.25, 0.3) is 0 Å². The van der Waals surface area contributed by atoms with Crippen LogP contribution in [0.3, 0.4) is 0 Å². The molecule has 0 aromatic carbocycles. The van der Waals surface area contributed by atoms with E-state index in [0.717, 1.165) is 19.3 Å². The maximum Gasteiger partial charge on any atom is 0.320 e. The molecule has 1 aliphatic rings. The Hall–Kier alpha value is -1.12. The maximum absolute atomic E-state index is 11.7. The largest absolute Gasteiger partial charge is 0.393 e. The Bertz CT molecular complexity index is 360. The van der Waals surface area contributed by atoms with Gasteiger partial charge in [0.15, 0.2) is 0 Å². The van der Waals surface area contributed by atoms with Crippen molar-refractivity contribution in [1.29, 1.82) is 0 Å². The maximum atomic E-state index is 11.7. The molecule has 0 spiro atoms. The molecular weight excluding hydrogens is 288 g/mol. The first-order valence-electron chi connectivity index (χ1n) is 9.65. The van der Waals surface area contributed by atoms with E-state index in [0.29, 0.717) is 6.42 Å². The summed E-state index contributed by atoms with van der Waals surface area (Å²) in [4.78, 5) is 22.8. The third-order valence-electron chi connectivity index (χ3n) is 4.51. The molecule has 0 bridgehead atoms. The summed E-state index contributed by atoms with van der Waals surface area (Å²) in [5.74, 6) is -0.961. The Kier molecular flexibility index (Phi) is 11.5.